The number of piperidine rings is 1. The van der Waals surface area contributed by atoms with Gasteiger partial charge in [0.15, 0.2) is 5.96 Å². The highest BCUT2D eigenvalue weighted by atomic mass is 32.1. The number of hydrogen-bond donors (Lipinski definition) is 2. The number of esters is 1. The second-order valence-electron chi connectivity index (χ2n) is 7.44. The first-order valence-electron chi connectivity index (χ1n) is 11.2. The van der Waals surface area contributed by atoms with Gasteiger partial charge in [-0.05, 0) is 57.0 Å². The molecule has 1 aliphatic heterocycles. The Morgan fingerprint density at radius 3 is 2.66 bits per heavy atom. The maximum absolute atomic E-state index is 11.3. The number of ether oxygens (including phenoxy) is 1. The fourth-order valence-electron chi connectivity index (χ4n) is 3.54. The minimum Gasteiger partial charge on any atom is -0.466 e. The number of thiophene rings is 1. The van der Waals surface area contributed by atoms with E-state index in [0.29, 0.717) is 19.1 Å². The zero-order chi connectivity index (χ0) is 20.7. The van der Waals surface area contributed by atoms with E-state index in [1.807, 2.05) is 18.3 Å². The number of hydrogen-bond acceptors (Lipinski definition) is 5. The maximum atomic E-state index is 11.3. The van der Waals surface area contributed by atoms with Crippen LogP contribution in [0, 0.1) is 0 Å². The Bertz CT molecular complexity index is 584. The lowest BCUT2D eigenvalue weighted by Crippen LogP contribution is -2.48. The van der Waals surface area contributed by atoms with Gasteiger partial charge in [-0.1, -0.05) is 19.3 Å². The Hall–Kier alpha value is -1.76. The van der Waals surface area contributed by atoms with Crippen molar-refractivity contribution < 1.29 is 9.53 Å². The lowest BCUT2D eigenvalue weighted by molar-refractivity contribution is -0.143. The summed E-state index contributed by atoms with van der Waals surface area (Å²) in [7, 11) is 0. The van der Waals surface area contributed by atoms with Gasteiger partial charge in [-0.3, -0.25) is 9.79 Å². The standard InChI is InChI=1S/C22H38N4O2S/c1-3-23-22(24-15-9-7-5-6-8-12-21(27)28-4-2)25-19-13-16-26(17-14-19)20-11-10-18-29-20/h10-11,18-19H,3-9,12-17H2,1-2H3,(H2,23,24,25). The lowest BCUT2D eigenvalue weighted by Gasteiger charge is -2.33. The molecule has 6 nitrogen and oxygen atoms in total. The third kappa shape index (κ3) is 9.52. The highest BCUT2D eigenvalue weighted by molar-refractivity contribution is 7.14. The first-order valence-corrected chi connectivity index (χ1v) is 12.1. The van der Waals surface area contributed by atoms with Crippen LogP contribution in [0.25, 0.3) is 0 Å². The predicted molar refractivity (Wildman–Crippen MR) is 123 cm³/mol. The van der Waals surface area contributed by atoms with Crippen LogP contribution in [0.3, 0.4) is 0 Å². The first kappa shape index (κ1) is 23.5. The number of carbonyl (C=O) groups is 1. The van der Waals surface area contributed by atoms with Gasteiger partial charge in [-0.2, -0.15) is 0 Å². The molecule has 0 radical (unpaired) electrons. The number of anilines is 1. The number of unbranched alkanes of at least 4 members (excludes halogenated alkanes) is 4. The second kappa shape index (κ2) is 14.3. The van der Waals surface area contributed by atoms with Crippen molar-refractivity contribution in [1.29, 1.82) is 0 Å². The first-order chi connectivity index (χ1) is 14.2. The average molecular weight is 423 g/mol. The molecule has 2 N–H and O–H groups in total. The normalized spacial score (nSPS) is 15.4. The molecule has 0 amide bonds. The van der Waals surface area contributed by atoms with E-state index in [1.54, 1.807) is 0 Å². The van der Waals surface area contributed by atoms with Gasteiger partial charge < -0.3 is 20.3 Å². The van der Waals surface area contributed by atoms with Crippen molar-refractivity contribution in [3.05, 3.63) is 17.5 Å². The van der Waals surface area contributed by atoms with Crippen LogP contribution >= 0.6 is 11.3 Å². The minimum atomic E-state index is -0.0697. The monoisotopic (exact) mass is 422 g/mol. The number of nitrogens with zero attached hydrogens (tertiary/aromatic N) is 2. The van der Waals surface area contributed by atoms with Crippen molar-refractivity contribution in [3.63, 3.8) is 0 Å². The van der Waals surface area contributed by atoms with Crippen LogP contribution < -0.4 is 15.5 Å². The number of carbonyl (C=O) groups excluding carboxylic acids is 1. The molecule has 1 aromatic rings. The fraction of sp³-hybridized carbons (Fsp3) is 0.727. The molecule has 1 saturated heterocycles. The SMILES string of the molecule is CCNC(=NCCCCCCCC(=O)OCC)NC1CCN(c2cccs2)CC1. The summed E-state index contributed by atoms with van der Waals surface area (Å²) in [5.41, 5.74) is 0. The molecule has 1 aliphatic rings. The Morgan fingerprint density at radius 1 is 1.21 bits per heavy atom. The van der Waals surface area contributed by atoms with Crippen LogP contribution in [0.4, 0.5) is 5.00 Å². The molecule has 0 unspecified atom stereocenters. The van der Waals surface area contributed by atoms with E-state index < -0.39 is 0 Å². The van der Waals surface area contributed by atoms with E-state index in [9.17, 15) is 4.79 Å². The van der Waals surface area contributed by atoms with E-state index in [-0.39, 0.29) is 5.97 Å². The third-order valence-electron chi connectivity index (χ3n) is 5.11. The van der Waals surface area contributed by atoms with Crippen molar-refractivity contribution in [3.8, 4) is 0 Å². The highest BCUT2D eigenvalue weighted by Gasteiger charge is 2.20. The molecular formula is C22H38N4O2S. The van der Waals surface area contributed by atoms with Gasteiger partial charge in [0.2, 0.25) is 0 Å². The predicted octanol–water partition coefficient (Wildman–Crippen LogP) is 4.18. The molecule has 0 atom stereocenters. The molecular weight excluding hydrogens is 384 g/mol. The summed E-state index contributed by atoms with van der Waals surface area (Å²) < 4.78 is 4.95. The zero-order valence-electron chi connectivity index (χ0n) is 18.1. The Balaban J connectivity index is 1.58. The van der Waals surface area contributed by atoms with Crippen molar-refractivity contribution in [1.82, 2.24) is 10.6 Å². The summed E-state index contributed by atoms with van der Waals surface area (Å²) in [6.07, 6.45) is 8.25. The number of guanidine groups is 1. The van der Waals surface area contributed by atoms with Crippen LogP contribution in [0.5, 0.6) is 0 Å². The summed E-state index contributed by atoms with van der Waals surface area (Å²) in [6.45, 7) is 8.37. The summed E-state index contributed by atoms with van der Waals surface area (Å²) in [5.74, 6) is 0.879. The number of nitrogens with one attached hydrogen (secondary N) is 2. The molecule has 1 aromatic heterocycles. The molecule has 7 heteroatoms. The molecule has 1 fully saturated rings. The Morgan fingerprint density at radius 2 is 1.97 bits per heavy atom. The Kier molecular flexibility index (Phi) is 11.6. The van der Waals surface area contributed by atoms with E-state index >= 15 is 0 Å². The maximum Gasteiger partial charge on any atom is 0.305 e. The molecule has 29 heavy (non-hydrogen) atoms. The molecule has 0 aliphatic carbocycles. The third-order valence-corrected chi connectivity index (χ3v) is 6.04. The zero-order valence-corrected chi connectivity index (χ0v) is 18.9. The van der Waals surface area contributed by atoms with Gasteiger partial charge in [0, 0.05) is 38.6 Å². The smallest absolute Gasteiger partial charge is 0.305 e. The molecule has 0 bridgehead atoms. The van der Waals surface area contributed by atoms with E-state index in [1.165, 1.54) is 5.00 Å². The molecule has 2 heterocycles. The van der Waals surface area contributed by atoms with Crippen molar-refractivity contribution >= 4 is 28.3 Å². The number of rotatable bonds is 12. The van der Waals surface area contributed by atoms with Gasteiger partial charge in [-0.15, -0.1) is 11.3 Å². The molecule has 2 rings (SSSR count). The lowest BCUT2D eigenvalue weighted by atomic mass is 10.1. The summed E-state index contributed by atoms with van der Waals surface area (Å²) in [6, 6.07) is 4.83. The van der Waals surface area contributed by atoms with Crippen LogP contribution in [-0.4, -0.2) is 50.8 Å². The fourth-order valence-corrected chi connectivity index (χ4v) is 4.33. The van der Waals surface area contributed by atoms with E-state index in [0.717, 1.165) is 77.1 Å². The molecule has 164 valence electrons. The summed E-state index contributed by atoms with van der Waals surface area (Å²) in [4.78, 5) is 18.5. The summed E-state index contributed by atoms with van der Waals surface area (Å²) >= 11 is 1.82. The van der Waals surface area contributed by atoms with Crippen LogP contribution in [-0.2, 0) is 9.53 Å². The van der Waals surface area contributed by atoms with Crippen molar-refractivity contribution in [2.24, 2.45) is 4.99 Å². The van der Waals surface area contributed by atoms with E-state index in [4.69, 9.17) is 9.73 Å². The minimum absolute atomic E-state index is 0.0697. The van der Waals surface area contributed by atoms with Gasteiger partial charge in [-0.25, -0.2) is 0 Å². The van der Waals surface area contributed by atoms with Crippen LogP contribution in [0.2, 0.25) is 0 Å². The Labute approximate surface area is 180 Å². The van der Waals surface area contributed by atoms with Crippen molar-refractivity contribution in [2.45, 2.75) is 71.3 Å². The average Bonchev–Trinajstić information content (AvgIpc) is 3.25. The van der Waals surface area contributed by atoms with Gasteiger partial charge in [0.25, 0.3) is 0 Å². The largest absolute Gasteiger partial charge is 0.466 e. The number of aliphatic imine (C=N–C) groups is 1. The highest BCUT2D eigenvalue weighted by Crippen LogP contribution is 2.24. The van der Waals surface area contributed by atoms with Crippen molar-refractivity contribution in [2.75, 3.05) is 37.7 Å². The van der Waals surface area contributed by atoms with Crippen LogP contribution in [0.15, 0.2) is 22.5 Å². The van der Waals surface area contributed by atoms with E-state index in [2.05, 4.69) is 40.0 Å². The molecule has 0 spiro atoms. The molecule has 0 saturated carbocycles. The van der Waals surface area contributed by atoms with Gasteiger partial charge >= 0.3 is 5.97 Å². The van der Waals surface area contributed by atoms with Gasteiger partial charge in [0.05, 0.1) is 11.6 Å². The van der Waals surface area contributed by atoms with Gasteiger partial charge in [0.1, 0.15) is 0 Å². The topological polar surface area (TPSA) is 66.0 Å². The molecule has 0 aromatic carbocycles. The quantitative estimate of drug-likeness (QED) is 0.229. The second-order valence-corrected chi connectivity index (χ2v) is 8.37. The van der Waals surface area contributed by atoms with Crippen LogP contribution in [0.1, 0.15) is 65.2 Å². The summed E-state index contributed by atoms with van der Waals surface area (Å²) in [5, 5.41) is 10.5.